The van der Waals surface area contributed by atoms with Crippen LogP contribution in [-0.2, 0) is 28.6 Å². The first-order valence-electron chi connectivity index (χ1n) is 29.5. The molecule has 0 aromatic heterocycles. The van der Waals surface area contributed by atoms with E-state index < -0.39 is 6.10 Å². The van der Waals surface area contributed by atoms with Gasteiger partial charge in [-0.15, -0.1) is 0 Å². The Morgan fingerprint density at radius 3 is 1.04 bits per heavy atom. The lowest BCUT2D eigenvalue weighted by atomic mass is 10.0. The Bertz CT molecular complexity index is 1290. The molecule has 0 aliphatic rings. The molecule has 6 nitrogen and oxygen atoms in total. The monoisotopic (exact) mass is 963 g/mol. The fourth-order valence-electron chi connectivity index (χ4n) is 8.40. The number of ether oxygens (including phenoxy) is 3. The van der Waals surface area contributed by atoms with Gasteiger partial charge in [-0.05, 0) is 70.6 Å². The van der Waals surface area contributed by atoms with Gasteiger partial charge in [0.05, 0.1) is 0 Å². The molecule has 0 aromatic rings. The fourth-order valence-corrected chi connectivity index (χ4v) is 8.40. The molecular weight excluding hydrogens is 853 g/mol. The van der Waals surface area contributed by atoms with E-state index in [2.05, 4.69) is 93.7 Å². The second-order valence-corrected chi connectivity index (χ2v) is 19.6. The van der Waals surface area contributed by atoms with Crippen LogP contribution in [0.25, 0.3) is 0 Å². The van der Waals surface area contributed by atoms with Crippen molar-refractivity contribution >= 4 is 17.9 Å². The molecule has 0 spiro atoms. The smallest absolute Gasteiger partial charge is 0.306 e. The van der Waals surface area contributed by atoms with Crippen molar-refractivity contribution in [3.63, 3.8) is 0 Å². The van der Waals surface area contributed by atoms with E-state index in [9.17, 15) is 14.4 Å². The zero-order valence-corrected chi connectivity index (χ0v) is 45.6. The van der Waals surface area contributed by atoms with E-state index in [0.717, 1.165) is 89.9 Å². The fraction of sp³-hybridized carbons (Fsp3) is 0.762. The maximum atomic E-state index is 12.9. The maximum Gasteiger partial charge on any atom is 0.306 e. The summed E-state index contributed by atoms with van der Waals surface area (Å²) >= 11 is 0. The van der Waals surface area contributed by atoms with E-state index >= 15 is 0 Å². The average molecular weight is 964 g/mol. The van der Waals surface area contributed by atoms with Crippen molar-refractivity contribution in [1.29, 1.82) is 0 Å². The zero-order valence-electron chi connectivity index (χ0n) is 45.6. The van der Waals surface area contributed by atoms with Crippen molar-refractivity contribution in [1.82, 2.24) is 0 Å². The highest BCUT2D eigenvalue weighted by atomic mass is 16.6. The number of hydrogen-bond acceptors (Lipinski definition) is 6. The summed E-state index contributed by atoms with van der Waals surface area (Å²) < 4.78 is 16.9. The van der Waals surface area contributed by atoms with E-state index in [0.29, 0.717) is 19.3 Å². The van der Waals surface area contributed by atoms with Crippen molar-refractivity contribution < 1.29 is 28.6 Å². The molecule has 0 aliphatic heterocycles. The predicted molar refractivity (Wildman–Crippen MR) is 298 cm³/mol. The lowest BCUT2D eigenvalue weighted by Gasteiger charge is -2.18. The molecule has 1 atom stereocenters. The summed E-state index contributed by atoms with van der Waals surface area (Å²) in [5.41, 5.74) is 0. The van der Waals surface area contributed by atoms with Crippen LogP contribution in [0.1, 0.15) is 290 Å². The number of esters is 3. The quantitative estimate of drug-likeness (QED) is 0.0199. The third-order valence-corrected chi connectivity index (χ3v) is 12.8. The highest BCUT2D eigenvalue weighted by Gasteiger charge is 2.19. The Balaban J connectivity index is 4.37. The predicted octanol–water partition coefficient (Wildman–Crippen LogP) is 19.8. The molecule has 0 aliphatic carbocycles. The van der Waals surface area contributed by atoms with E-state index in [1.165, 1.54) is 161 Å². The molecule has 398 valence electrons. The zero-order chi connectivity index (χ0) is 50.0. The van der Waals surface area contributed by atoms with Gasteiger partial charge in [-0.25, -0.2) is 0 Å². The Hall–Kier alpha value is -3.15. The molecule has 0 rings (SSSR count). The average Bonchev–Trinajstić information content (AvgIpc) is 3.35. The van der Waals surface area contributed by atoms with E-state index in [1.54, 1.807) is 0 Å². The summed E-state index contributed by atoms with van der Waals surface area (Å²) in [6, 6.07) is 0. The minimum atomic E-state index is -0.781. The number of carbonyl (C=O) groups is 3. The van der Waals surface area contributed by atoms with Crippen molar-refractivity contribution in [3.05, 3.63) is 72.9 Å². The van der Waals surface area contributed by atoms with Crippen LogP contribution in [0.5, 0.6) is 0 Å². The Kier molecular flexibility index (Phi) is 54.8. The normalized spacial score (nSPS) is 12.6. The van der Waals surface area contributed by atoms with Gasteiger partial charge in [0.1, 0.15) is 13.2 Å². The molecule has 0 radical (unpaired) electrons. The van der Waals surface area contributed by atoms with Crippen LogP contribution in [0.4, 0.5) is 0 Å². The molecule has 1 unspecified atom stereocenters. The lowest BCUT2D eigenvalue weighted by Crippen LogP contribution is -2.30. The van der Waals surface area contributed by atoms with Gasteiger partial charge in [-0.3, -0.25) is 14.4 Å². The molecule has 0 bridgehead atoms. The summed E-state index contributed by atoms with van der Waals surface area (Å²) in [4.78, 5) is 38.2. The first-order chi connectivity index (χ1) is 34.0. The molecular formula is C63H110O6. The Morgan fingerprint density at radius 2 is 0.638 bits per heavy atom. The summed E-state index contributed by atoms with van der Waals surface area (Å²) in [5, 5.41) is 0. The highest BCUT2D eigenvalue weighted by Crippen LogP contribution is 2.17. The number of allylic oxidation sites excluding steroid dienone is 12. The SMILES string of the molecule is CC\C=C/C=C\C=C/CCCCCCCCCC(=O)OCC(COC(=O)CCCCCCCCCCC/C=C\C/C=C\C/C=C\CC)OC(=O)CCCCCCCCCCCCCCCCCCC. The van der Waals surface area contributed by atoms with Gasteiger partial charge in [0.2, 0.25) is 0 Å². The molecule has 0 N–H and O–H groups in total. The van der Waals surface area contributed by atoms with Gasteiger partial charge in [-0.2, -0.15) is 0 Å². The van der Waals surface area contributed by atoms with Crippen LogP contribution in [0, 0.1) is 0 Å². The van der Waals surface area contributed by atoms with Crippen LogP contribution in [-0.4, -0.2) is 37.2 Å². The van der Waals surface area contributed by atoms with Gasteiger partial charge < -0.3 is 14.2 Å². The van der Waals surface area contributed by atoms with Crippen LogP contribution in [0.3, 0.4) is 0 Å². The molecule has 0 amide bonds. The number of rotatable bonds is 53. The second-order valence-electron chi connectivity index (χ2n) is 19.6. The van der Waals surface area contributed by atoms with Crippen molar-refractivity contribution in [2.75, 3.05) is 13.2 Å². The maximum absolute atomic E-state index is 12.9. The summed E-state index contributed by atoms with van der Waals surface area (Å²) in [6.07, 6.45) is 73.2. The summed E-state index contributed by atoms with van der Waals surface area (Å²) in [5.74, 6) is -0.884. The Labute approximate surface area is 427 Å². The van der Waals surface area contributed by atoms with Crippen LogP contribution >= 0.6 is 0 Å². The van der Waals surface area contributed by atoms with E-state index in [1.807, 2.05) is 0 Å². The summed E-state index contributed by atoms with van der Waals surface area (Å²) in [6.45, 7) is 6.42. The van der Waals surface area contributed by atoms with Crippen LogP contribution in [0.2, 0.25) is 0 Å². The van der Waals surface area contributed by atoms with Crippen LogP contribution < -0.4 is 0 Å². The van der Waals surface area contributed by atoms with Crippen molar-refractivity contribution in [3.8, 4) is 0 Å². The van der Waals surface area contributed by atoms with E-state index in [-0.39, 0.29) is 31.1 Å². The highest BCUT2D eigenvalue weighted by molar-refractivity contribution is 5.71. The first-order valence-corrected chi connectivity index (χ1v) is 29.5. The molecule has 0 saturated carbocycles. The van der Waals surface area contributed by atoms with Gasteiger partial charge in [0.25, 0.3) is 0 Å². The minimum absolute atomic E-state index is 0.0799. The first kappa shape index (κ1) is 65.8. The number of unbranched alkanes of at least 4 members (excludes halogenated alkanes) is 32. The Morgan fingerprint density at radius 1 is 0.319 bits per heavy atom. The van der Waals surface area contributed by atoms with Gasteiger partial charge in [0.15, 0.2) is 6.10 Å². The standard InChI is InChI=1S/C63H110O6/c1-4-7-10-13-16-19-22-25-28-30-31-33-35-38-41-44-47-50-53-56-62(65)68-59-60(58-67-61(64)55-52-49-46-43-40-37-34-27-24-21-18-15-12-9-6-3)69-63(66)57-54-51-48-45-42-39-36-32-29-26-23-20-17-14-11-8-5-2/h7,9-10,12,15-16,18-19,21,24-25,28,60H,4-6,8,11,13-14,17,20,22-23,26-27,29-59H2,1-3H3/b10-7-,12-9-,18-15-,19-16-,24-21-,28-25-. The van der Waals surface area contributed by atoms with Gasteiger partial charge in [-0.1, -0.05) is 273 Å². The third-order valence-electron chi connectivity index (χ3n) is 12.8. The third kappa shape index (κ3) is 55.6. The minimum Gasteiger partial charge on any atom is -0.462 e. The van der Waals surface area contributed by atoms with E-state index in [4.69, 9.17) is 14.2 Å². The van der Waals surface area contributed by atoms with Crippen molar-refractivity contribution in [2.24, 2.45) is 0 Å². The van der Waals surface area contributed by atoms with Gasteiger partial charge in [0, 0.05) is 19.3 Å². The topological polar surface area (TPSA) is 78.9 Å². The molecule has 69 heavy (non-hydrogen) atoms. The molecule has 0 saturated heterocycles. The number of hydrogen-bond donors (Lipinski definition) is 0. The second kappa shape index (κ2) is 57.4. The molecule has 0 aromatic carbocycles. The van der Waals surface area contributed by atoms with Crippen molar-refractivity contribution in [2.45, 2.75) is 297 Å². The van der Waals surface area contributed by atoms with Crippen LogP contribution in [0.15, 0.2) is 72.9 Å². The largest absolute Gasteiger partial charge is 0.462 e. The van der Waals surface area contributed by atoms with Gasteiger partial charge >= 0.3 is 17.9 Å². The lowest BCUT2D eigenvalue weighted by molar-refractivity contribution is -0.167. The molecule has 0 fully saturated rings. The number of carbonyl (C=O) groups excluding carboxylic acids is 3. The summed E-state index contributed by atoms with van der Waals surface area (Å²) in [7, 11) is 0. The molecule has 6 heteroatoms. The molecule has 0 heterocycles.